The van der Waals surface area contributed by atoms with E-state index in [4.69, 9.17) is 24.3 Å². The maximum atomic E-state index is 12.6. The molecule has 0 aromatic carbocycles. The van der Waals surface area contributed by atoms with E-state index in [1.54, 1.807) is 6.26 Å². The Hall–Kier alpha value is -2.48. The number of carbonyl (C=O) groups excluding carboxylic acids is 1. The highest BCUT2D eigenvalue weighted by Gasteiger charge is 2.25. The molecule has 2 atom stereocenters. The summed E-state index contributed by atoms with van der Waals surface area (Å²) >= 11 is 0. The van der Waals surface area contributed by atoms with Gasteiger partial charge < -0.3 is 20.1 Å². The third-order valence-corrected chi connectivity index (χ3v) is 9.34. The lowest BCUT2D eigenvalue weighted by Crippen LogP contribution is -2.27. The molecule has 8 nitrogen and oxygen atoms in total. The van der Waals surface area contributed by atoms with Crippen LogP contribution in [0.15, 0.2) is 85.3 Å². The molecule has 0 spiro atoms. The van der Waals surface area contributed by atoms with Crippen LogP contribution in [0, 0.1) is 0 Å². The first-order valence-corrected chi connectivity index (χ1v) is 22.6. The maximum Gasteiger partial charge on any atom is 0.472 e. The van der Waals surface area contributed by atoms with Crippen LogP contribution in [0.1, 0.15) is 162 Å². The molecule has 1 unspecified atom stereocenters. The zero-order chi connectivity index (χ0) is 39.5. The first-order valence-electron chi connectivity index (χ1n) is 21.1. The SMILES string of the molecule is CC/C=C\C/C=C\C/C=C\C/C=C\C/C=C\CCCCCC(=O)O[C@H](CO/C=C\CCCCCC/C=C\CCCCCCCC)COP(=O)(O)OCCN. The van der Waals surface area contributed by atoms with Crippen molar-refractivity contribution in [2.24, 2.45) is 5.73 Å². The van der Waals surface area contributed by atoms with Crippen LogP contribution in [0.4, 0.5) is 0 Å². The van der Waals surface area contributed by atoms with Crippen LogP contribution in [0.3, 0.4) is 0 Å². The highest BCUT2D eigenvalue weighted by molar-refractivity contribution is 7.47. The molecule has 9 heteroatoms. The Bertz CT molecular complexity index is 1100. The van der Waals surface area contributed by atoms with Crippen molar-refractivity contribution >= 4 is 13.8 Å². The van der Waals surface area contributed by atoms with Gasteiger partial charge in [0, 0.05) is 13.0 Å². The lowest BCUT2D eigenvalue weighted by atomic mass is 10.1. The van der Waals surface area contributed by atoms with Gasteiger partial charge in [-0.15, -0.1) is 0 Å². The molecule has 0 fully saturated rings. The quantitative estimate of drug-likeness (QED) is 0.0208. The highest BCUT2D eigenvalue weighted by atomic mass is 31.2. The number of ether oxygens (including phenoxy) is 2. The fourth-order valence-electron chi connectivity index (χ4n) is 5.28. The number of nitrogens with two attached hydrogens (primary N) is 1. The molecule has 0 aliphatic rings. The molecule has 0 rings (SSSR count). The average molecular weight is 776 g/mol. The number of esters is 1. The van der Waals surface area contributed by atoms with E-state index >= 15 is 0 Å². The summed E-state index contributed by atoms with van der Waals surface area (Å²) in [5, 5.41) is 0. The van der Waals surface area contributed by atoms with Crippen LogP contribution in [-0.4, -0.2) is 43.3 Å². The Morgan fingerprint density at radius 2 is 1.06 bits per heavy atom. The molecule has 54 heavy (non-hydrogen) atoms. The standard InChI is InChI=1S/C45H78NO7P/c1-3-5-7-9-11-13-15-17-19-21-22-23-24-26-28-30-32-34-36-38-45(47)53-44(43-52-54(48,49)51-41-39-46)42-50-40-37-35-33-31-29-27-25-20-18-16-14-12-10-8-6-4-2/h5,7,11,13,17-20,22-23,26,28,37,40,44H,3-4,6,8-10,12,14-16,21,24-25,27,29-36,38-39,41-43,46H2,1-2H3,(H,48,49)/b7-5-,13-11-,19-17-,20-18-,23-22-,28-26-,40-37-/t44-/m1/s1. The first kappa shape index (κ1) is 51.5. The fraction of sp³-hybridized carbons (Fsp3) is 0.667. The van der Waals surface area contributed by atoms with E-state index in [2.05, 4.69) is 86.8 Å². The normalized spacial score (nSPS) is 14.3. The molecule has 3 N–H and O–H groups in total. The predicted molar refractivity (Wildman–Crippen MR) is 228 cm³/mol. The number of carbonyl (C=O) groups is 1. The van der Waals surface area contributed by atoms with Gasteiger partial charge in [-0.1, -0.05) is 138 Å². The number of hydrogen-bond acceptors (Lipinski definition) is 7. The van der Waals surface area contributed by atoms with Crippen molar-refractivity contribution in [1.82, 2.24) is 0 Å². The van der Waals surface area contributed by atoms with Gasteiger partial charge in [0.05, 0.1) is 19.5 Å². The second-order valence-electron chi connectivity index (χ2n) is 13.5. The van der Waals surface area contributed by atoms with Gasteiger partial charge in [0.25, 0.3) is 0 Å². The van der Waals surface area contributed by atoms with Crippen LogP contribution in [0.5, 0.6) is 0 Å². The number of hydrogen-bond donors (Lipinski definition) is 2. The largest absolute Gasteiger partial charge is 0.498 e. The summed E-state index contributed by atoms with van der Waals surface area (Å²) < 4.78 is 33.1. The number of phosphoric ester groups is 1. The van der Waals surface area contributed by atoms with E-state index in [9.17, 15) is 14.3 Å². The van der Waals surface area contributed by atoms with Gasteiger partial charge >= 0.3 is 13.8 Å². The maximum absolute atomic E-state index is 12.6. The minimum atomic E-state index is -4.31. The number of rotatable bonds is 39. The van der Waals surface area contributed by atoms with Crippen molar-refractivity contribution in [3.05, 3.63) is 85.3 Å². The lowest BCUT2D eigenvalue weighted by Gasteiger charge is -2.19. The van der Waals surface area contributed by atoms with Gasteiger partial charge in [-0.2, -0.15) is 0 Å². The molecule has 0 saturated heterocycles. The molecule has 0 radical (unpaired) electrons. The number of allylic oxidation sites excluding steroid dienone is 13. The molecule has 0 aromatic heterocycles. The summed E-state index contributed by atoms with van der Waals surface area (Å²) in [6.45, 7) is 4.05. The predicted octanol–water partition coefficient (Wildman–Crippen LogP) is 12.9. The van der Waals surface area contributed by atoms with Crippen LogP contribution in [0.25, 0.3) is 0 Å². The molecule has 0 heterocycles. The van der Waals surface area contributed by atoms with Crippen molar-refractivity contribution in [1.29, 1.82) is 0 Å². The molecule has 0 bridgehead atoms. The van der Waals surface area contributed by atoms with Gasteiger partial charge in [-0.25, -0.2) is 4.57 Å². The van der Waals surface area contributed by atoms with E-state index in [1.807, 2.05) is 6.08 Å². The molecule has 0 aliphatic carbocycles. The summed E-state index contributed by atoms with van der Waals surface area (Å²) in [5.41, 5.74) is 5.36. The summed E-state index contributed by atoms with van der Waals surface area (Å²) in [6, 6.07) is 0. The van der Waals surface area contributed by atoms with E-state index < -0.39 is 13.9 Å². The lowest BCUT2D eigenvalue weighted by molar-refractivity contribution is -0.153. The molecule has 0 aromatic rings. The van der Waals surface area contributed by atoms with E-state index in [0.717, 1.165) is 70.6 Å². The topological polar surface area (TPSA) is 117 Å². The molecule has 310 valence electrons. The number of unbranched alkanes of at least 4 members (excludes halogenated alkanes) is 14. The minimum Gasteiger partial charge on any atom is -0.498 e. The second kappa shape index (κ2) is 41.7. The van der Waals surface area contributed by atoms with Crippen molar-refractivity contribution < 1.29 is 32.8 Å². The summed E-state index contributed by atoms with van der Waals surface area (Å²) in [4.78, 5) is 22.4. The van der Waals surface area contributed by atoms with Crippen molar-refractivity contribution in [3.8, 4) is 0 Å². The zero-order valence-corrected chi connectivity index (χ0v) is 35.1. The third-order valence-electron chi connectivity index (χ3n) is 8.36. The summed E-state index contributed by atoms with van der Waals surface area (Å²) in [5.74, 6) is -0.390. The molecular formula is C45H78NO7P. The van der Waals surface area contributed by atoms with Crippen LogP contribution in [0.2, 0.25) is 0 Å². The summed E-state index contributed by atoms with van der Waals surface area (Å²) in [7, 11) is -4.31. The molecule has 0 aliphatic heterocycles. The zero-order valence-electron chi connectivity index (χ0n) is 34.2. The second-order valence-corrected chi connectivity index (χ2v) is 15.0. The van der Waals surface area contributed by atoms with E-state index in [-0.39, 0.29) is 38.8 Å². The Kier molecular flexibility index (Phi) is 39.8. The third kappa shape index (κ3) is 40.7. The Morgan fingerprint density at radius 1 is 0.593 bits per heavy atom. The van der Waals surface area contributed by atoms with Crippen LogP contribution >= 0.6 is 7.82 Å². The molecule has 0 amide bonds. The number of phosphoric acid groups is 1. The minimum absolute atomic E-state index is 0.00821. The summed E-state index contributed by atoms with van der Waals surface area (Å²) in [6.07, 6.45) is 54.1. The Labute approximate surface area is 330 Å². The first-order chi connectivity index (χ1) is 26.4. The molecular weight excluding hydrogens is 697 g/mol. The monoisotopic (exact) mass is 776 g/mol. The van der Waals surface area contributed by atoms with Crippen molar-refractivity contribution in [2.75, 3.05) is 26.4 Å². The Morgan fingerprint density at radius 3 is 1.59 bits per heavy atom. The fourth-order valence-corrected chi connectivity index (χ4v) is 6.04. The van der Waals surface area contributed by atoms with Gasteiger partial charge in [-0.05, 0) is 96.0 Å². The van der Waals surface area contributed by atoms with Crippen LogP contribution < -0.4 is 5.73 Å². The van der Waals surface area contributed by atoms with Crippen LogP contribution in [-0.2, 0) is 27.9 Å². The van der Waals surface area contributed by atoms with Gasteiger partial charge in [0.15, 0.2) is 6.10 Å². The smallest absolute Gasteiger partial charge is 0.472 e. The Balaban J connectivity index is 4.21. The average Bonchev–Trinajstić information content (AvgIpc) is 3.16. The van der Waals surface area contributed by atoms with Crippen molar-refractivity contribution in [3.63, 3.8) is 0 Å². The molecule has 0 saturated carbocycles. The van der Waals surface area contributed by atoms with Gasteiger partial charge in [0.1, 0.15) is 6.61 Å². The van der Waals surface area contributed by atoms with Gasteiger partial charge in [-0.3, -0.25) is 13.8 Å². The van der Waals surface area contributed by atoms with Crippen molar-refractivity contribution in [2.45, 2.75) is 168 Å². The van der Waals surface area contributed by atoms with E-state index in [1.165, 1.54) is 64.2 Å². The van der Waals surface area contributed by atoms with E-state index in [0.29, 0.717) is 6.42 Å². The highest BCUT2D eigenvalue weighted by Crippen LogP contribution is 2.43. The van der Waals surface area contributed by atoms with Gasteiger partial charge in [0.2, 0.25) is 0 Å².